The molecule has 0 radical (unpaired) electrons. The van der Waals surface area contributed by atoms with Crippen LogP contribution in [-0.2, 0) is 29.3 Å². The topological polar surface area (TPSA) is 169 Å². The molecule has 0 atom stereocenters. The predicted octanol–water partition coefficient (Wildman–Crippen LogP) is 3.87. The summed E-state index contributed by atoms with van der Waals surface area (Å²) in [5.41, 5.74) is 4.63. The number of nitrogens with zero attached hydrogens (tertiary/aromatic N) is 2. The van der Waals surface area contributed by atoms with E-state index in [4.69, 9.17) is 10.2 Å². The van der Waals surface area contributed by atoms with E-state index in [1.54, 1.807) is 23.2 Å². The van der Waals surface area contributed by atoms with Gasteiger partial charge in [-0.1, -0.05) is 0 Å². The Hall–Kier alpha value is -2.94. The van der Waals surface area contributed by atoms with Gasteiger partial charge in [0, 0.05) is 0 Å². The van der Waals surface area contributed by atoms with Crippen LogP contribution in [0.2, 0.25) is 0 Å². The van der Waals surface area contributed by atoms with Crippen LogP contribution in [0.25, 0.3) is 20.4 Å². The number of hydrogen-bond acceptors (Lipinski definition) is 10. The molecule has 10 nitrogen and oxygen atoms in total. The second-order valence-electron chi connectivity index (χ2n) is 8.60. The van der Waals surface area contributed by atoms with Gasteiger partial charge in [0.1, 0.15) is 0 Å². The number of carboxylic acid groups (broad SMARTS) is 2. The molecular formula is C22H22N2O8S4. The molecule has 0 spiro atoms. The highest BCUT2D eigenvalue weighted by Crippen LogP contribution is 2.30. The molecule has 4 aromatic rings. The molecule has 0 fully saturated rings. The number of aliphatic carboxylic acids is 2. The number of rotatable bonds is 6. The second-order valence-corrected chi connectivity index (χ2v) is 15.4. The van der Waals surface area contributed by atoms with E-state index in [0.717, 1.165) is 9.40 Å². The monoisotopic (exact) mass is 570 g/mol. The first-order chi connectivity index (χ1) is 16.5. The fraction of sp³-hybridized carbons (Fsp3) is 0.273. The van der Waals surface area contributed by atoms with Crippen molar-refractivity contribution in [3.63, 3.8) is 0 Å². The standard InChI is InChI=1S/2C11H11NO4S2/c2*1-11(2,10(13)14)18(15,16)7-3-4-8-9(5-7)17-6-12-8/h2*3-6H,1-2H3,(H,13,14). The van der Waals surface area contributed by atoms with Gasteiger partial charge in [-0.2, -0.15) is 0 Å². The average Bonchev–Trinajstić information content (AvgIpc) is 3.47. The van der Waals surface area contributed by atoms with Crippen molar-refractivity contribution in [1.82, 2.24) is 9.97 Å². The van der Waals surface area contributed by atoms with Gasteiger partial charge < -0.3 is 10.2 Å². The molecule has 4 rings (SSSR count). The van der Waals surface area contributed by atoms with E-state index in [1.807, 2.05) is 0 Å². The van der Waals surface area contributed by atoms with Crippen LogP contribution in [0.3, 0.4) is 0 Å². The maximum Gasteiger partial charge on any atom is 0.324 e. The SMILES string of the molecule is CC(C)(C(=O)O)S(=O)(=O)c1ccc2ncsc2c1.CC(C)(C(=O)O)S(=O)(=O)c1ccc2ncsc2c1. The Labute approximate surface area is 215 Å². The fourth-order valence-electron chi connectivity index (χ4n) is 2.82. The van der Waals surface area contributed by atoms with Crippen molar-refractivity contribution < 1.29 is 36.6 Å². The molecule has 14 heteroatoms. The zero-order valence-electron chi connectivity index (χ0n) is 19.5. The van der Waals surface area contributed by atoms with Crippen LogP contribution in [0.1, 0.15) is 27.7 Å². The predicted molar refractivity (Wildman–Crippen MR) is 137 cm³/mol. The Balaban J connectivity index is 0.000000201. The van der Waals surface area contributed by atoms with Crippen LogP contribution < -0.4 is 0 Å². The van der Waals surface area contributed by atoms with Gasteiger partial charge >= 0.3 is 11.9 Å². The largest absolute Gasteiger partial charge is 0.480 e. The lowest BCUT2D eigenvalue weighted by Gasteiger charge is -2.19. The van der Waals surface area contributed by atoms with Crippen molar-refractivity contribution in [3.05, 3.63) is 47.4 Å². The van der Waals surface area contributed by atoms with E-state index in [0.29, 0.717) is 11.0 Å². The lowest BCUT2D eigenvalue weighted by Crippen LogP contribution is -2.40. The Kier molecular flexibility index (Phi) is 7.29. The van der Waals surface area contributed by atoms with Gasteiger partial charge in [0.15, 0.2) is 29.2 Å². The minimum Gasteiger partial charge on any atom is -0.480 e. The zero-order chi connectivity index (χ0) is 27.1. The number of thiazole rings is 2. The minimum absolute atomic E-state index is 0.00616. The molecule has 2 heterocycles. The summed E-state index contributed by atoms with van der Waals surface area (Å²) in [7, 11) is -7.86. The Morgan fingerprint density at radius 3 is 1.33 bits per heavy atom. The summed E-state index contributed by atoms with van der Waals surface area (Å²) in [5, 5.41) is 18.0. The smallest absolute Gasteiger partial charge is 0.324 e. The molecule has 0 aliphatic heterocycles. The van der Waals surface area contributed by atoms with Gasteiger partial charge in [-0.3, -0.25) is 9.59 Å². The number of sulfone groups is 2. The van der Waals surface area contributed by atoms with E-state index in [-0.39, 0.29) is 9.79 Å². The molecule has 0 saturated heterocycles. The van der Waals surface area contributed by atoms with Gasteiger partial charge in [0.05, 0.1) is 41.2 Å². The number of aromatic nitrogens is 2. The molecule has 2 aromatic carbocycles. The van der Waals surface area contributed by atoms with Crippen LogP contribution in [0.5, 0.6) is 0 Å². The lowest BCUT2D eigenvalue weighted by molar-refractivity contribution is -0.140. The minimum atomic E-state index is -3.93. The highest BCUT2D eigenvalue weighted by atomic mass is 32.2. The van der Waals surface area contributed by atoms with Gasteiger partial charge in [-0.25, -0.2) is 26.8 Å². The van der Waals surface area contributed by atoms with Crippen LogP contribution in [-0.4, -0.2) is 58.4 Å². The summed E-state index contributed by atoms with van der Waals surface area (Å²) in [6.07, 6.45) is 0. The molecule has 0 aliphatic rings. The van der Waals surface area contributed by atoms with Crippen molar-refractivity contribution >= 4 is 74.7 Å². The summed E-state index contributed by atoms with van der Waals surface area (Å²) >= 11 is 2.63. The first kappa shape index (κ1) is 27.6. The Morgan fingerprint density at radius 1 is 0.694 bits per heavy atom. The number of fused-ring (bicyclic) bond motifs is 2. The fourth-order valence-corrected chi connectivity index (χ4v) is 7.08. The molecule has 0 bridgehead atoms. The molecule has 0 unspecified atom stereocenters. The van der Waals surface area contributed by atoms with Crippen molar-refractivity contribution in [2.45, 2.75) is 47.0 Å². The van der Waals surface area contributed by atoms with Crippen LogP contribution >= 0.6 is 22.7 Å². The van der Waals surface area contributed by atoms with Crippen molar-refractivity contribution in [1.29, 1.82) is 0 Å². The van der Waals surface area contributed by atoms with E-state index < -0.39 is 41.1 Å². The van der Waals surface area contributed by atoms with E-state index >= 15 is 0 Å². The Morgan fingerprint density at radius 2 is 1.03 bits per heavy atom. The van der Waals surface area contributed by atoms with Gasteiger partial charge in [-0.15, -0.1) is 22.7 Å². The van der Waals surface area contributed by atoms with E-state index in [2.05, 4.69) is 9.97 Å². The maximum atomic E-state index is 12.3. The van der Waals surface area contributed by atoms with Gasteiger partial charge in [0.2, 0.25) is 0 Å². The highest BCUT2D eigenvalue weighted by Gasteiger charge is 2.44. The number of hydrogen-bond donors (Lipinski definition) is 2. The molecule has 2 aromatic heterocycles. The number of benzene rings is 2. The lowest BCUT2D eigenvalue weighted by atomic mass is 10.2. The normalized spacial score (nSPS) is 12.8. The highest BCUT2D eigenvalue weighted by molar-refractivity contribution is 7.94. The molecular weight excluding hydrogens is 549 g/mol. The van der Waals surface area contributed by atoms with Crippen molar-refractivity contribution in [3.8, 4) is 0 Å². The molecule has 192 valence electrons. The second kappa shape index (κ2) is 9.50. The molecule has 36 heavy (non-hydrogen) atoms. The van der Waals surface area contributed by atoms with Crippen molar-refractivity contribution in [2.24, 2.45) is 0 Å². The maximum absolute atomic E-state index is 12.3. The third-order valence-electron chi connectivity index (χ3n) is 5.60. The van der Waals surface area contributed by atoms with Crippen LogP contribution in [0.4, 0.5) is 0 Å². The quantitative estimate of drug-likeness (QED) is 0.347. The third-order valence-corrected chi connectivity index (χ3v) is 12.0. The summed E-state index contributed by atoms with van der Waals surface area (Å²) in [4.78, 5) is 30.2. The average molecular weight is 571 g/mol. The molecule has 0 amide bonds. The summed E-state index contributed by atoms with van der Waals surface area (Å²) < 4.78 is 46.8. The number of carbonyl (C=O) groups is 2. The Bertz CT molecular complexity index is 1560. The van der Waals surface area contributed by atoms with Crippen LogP contribution in [0.15, 0.2) is 57.2 Å². The summed E-state index contributed by atoms with van der Waals surface area (Å²) in [6, 6.07) is 8.87. The van der Waals surface area contributed by atoms with Crippen LogP contribution in [0, 0.1) is 0 Å². The molecule has 2 N–H and O–H groups in total. The first-order valence-corrected chi connectivity index (χ1v) is 14.9. The summed E-state index contributed by atoms with van der Waals surface area (Å²) in [6.45, 7) is 4.73. The molecule has 0 aliphatic carbocycles. The van der Waals surface area contributed by atoms with E-state index in [1.165, 1.54) is 74.6 Å². The van der Waals surface area contributed by atoms with Gasteiger partial charge in [0.25, 0.3) is 0 Å². The molecule has 0 saturated carbocycles. The number of carboxylic acids is 2. The third kappa shape index (κ3) is 4.73. The zero-order valence-corrected chi connectivity index (χ0v) is 22.8. The van der Waals surface area contributed by atoms with E-state index in [9.17, 15) is 26.4 Å². The summed E-state index contributed by atoms with van der Waals surface area (Å²) in [5.74, 6) is -2.74. The van der Waals surface area contributed by atoms with Crippen molar-refractivity contribution in [2.75, 3.05) is 0 Å². The first-order valence-electron chi connectivity index (χ1n) is 10.2. The van der Waals surface area contributed by atoms with Gasteiger partial charge in [-0.05, 0) is 64.1 Å².